The molecule has 146 valence electrons. The fourth-order valence-corrected chi connectivity index (χ4v) is 3.35. The molecule has 0 spiro atoms. The Morgan fingerprint density at radius 2 is 1.93 bits per heavy atom. The van der Waals surface area contributed by atoms with E-state index in [1.165, 1.54) is 23.4 Å². The quantitative estimate of drug-likeness (QED) is 0.567. The molecule has 2 atom stereocenters. The Kier molecular flexibility index (Phi) is 6.46. The van der Waals surface area contributed by atoms with Crippen LogP contribution >= 0.6 is 11.8 Å². The van der Waals surface area contributed by atoms with Crippen LogP contribution in [-0.4, -0.2) is 21.4 Å². The monoisotopic (exact) mass is 399 g/mol. The van der Waals surface area contributed by atoms with Crippen molar-refractivity contribution >= 4 is 23.4 Å². The zero-order valence-electron chi connectivity index (χ0n) is 16.0. The fraction of sp³-hybridized carbons (Fsp3) is 0.286. The van der Waals surface area contributed by atoms with Gasteiger partial charge in [-0.15, -0.1) is 10.2 Å². The van der Waals surface area contributed by atoms with Crippen LogP contribution in [0.15, 0.2) is 58.2 Å². The summed E-state index contributed by atoms with van der Waals surface area (Å²) in [4.78, 5) is 12.3. The SMILES string of the molecule is Cc1ccc(NC(=O)C(C)Sc2nnc(CC(C)c3ccccc3)o2)cc1F. The molecular formula is C21H22FN3O2S. The molecule has 0 saturated carbocycles. The van der Waals surface area contributed by atoms with Crippen molar-refractivity contribution in [1.82, 2.24) is 10.2 Å². The first-order valence-corrected chi connectivity index (χ1v) is 9.91. The number of aromatic nitrogens is 2. The molecule has 1 heterocycles. The second-order valence-corrected chi connectivity index (χ2v) is 7.98. The molecule has 0 saturated heterocycles. The normalized spacial score (nSPS) is 13.1. The minimum absolute atomic E-state index is 0.247. The van der Waals surface area contributed by atoms with Gasteiger partial charge in [-0.3, -0.25) is 4.79 Å². The highest BCUT2D eigenvalue weighted by atomic mass is 32.2. The molecule has 0 bridgehead atoms. The van der Waals surface area contributed by atoms with Crippen molar-refractivity contribution in [2.45, 2.75) is 43.6 Å². The van der Waals surface area contributed by atoms with Gasteiger partial charge in [0, 0.05) is 12.1 Å². The van der Waals surface area contributed by atoms with Gasteiger partial charge in [-0.1, -0.05) is 55.1 Å². The molecule has 0 aliphatic rings. The lowest BCUT2D eigenvalue weighted by Gasteiger charge is -2.10. The molecule has 0 fully saturated rings. The third kappa shape index (κ3) is 5.19. The van der Waals surface area contributed by atoms with Gasteiger partial charge in [0.25, 0.3) is 5.22 Å². The number of rotatable bonds is 7. The number of carbonyl (C=O) groups is 1. The average molecular weight is 399 g/mol. The lowest BCUT2D eigenvalue weighted by Crippen LogP contribution is -2.22. The molecule has 0 radical (unpaired) electrons. The van der Waals surface area contributed by atoms with E-state index in [1.807, 2.05) is 18.2 Å². The van der Waals surface area contributed by atoms with Crippen molar-refractivity contribution in [3.63, 3.8) is 0 Å². The number of aryl methyl sites for hydroxylation is 1. The molecular weight excluding hydrogens is 377 g/mol. The van der Waals surface area contributed by atoms with Gasteiger partial charge >= 0.3 is 0 Å². The zero-order valence-corrected chi connectivity index (χ0v) is 16.8. The summed E-state index contributed by atoms with van der Waals surface area (Å²) in [5.74, 6) is 0.168. The van der Waals surface area contributed by atoms with Gasteiger partial charge in [0.05, 0.1) is 5.25 Å². The Labute approximate surface area is 167 Å². The van der Waals surface area contributed by atoms with E-state index in [0.717, 1.165) is 0 Å². The summed E-state index contributed by atoms with van der Waals surface area (Å²) in [6, 6.07) is 14.7. The van der Waals surface area contributed by atoms with Crippen LogP contribution < -0.4 is 5.32 Å². The van der Waals surface area contributed by atoms with E-state index in [-0.39, 0.29) is 17.6 Å². The number of carbonyl (C=O) groups excluding carboxylic acids is 1. The van der Waals surface area contributed by atoms with E-state index in [2.05, 4.69) is 34.6 Å². The molecule has 1 amide bonds. The Balaban J connectivity index is 1.56. The first kappa shape index (κ1) is 20.1. The van der Waals surface area contributed by atoms with Crippen LogP contribution in [0.4, 0.5) is 10.1 Å². The maximum absolute atomic E-state index is 13.6. The number of thioether (sulfide) groups is 1. The number of anilines is 1. The number of hydrogen-bond donors (Lipinski definition) is 1. The minimum Gasteiger partial charge on any atom is -0.416 e. The second-order valence-electron chi connectivity index (χ2n) is 6.69. The van der Waals surface area contributed by atoms with E-state index in [9.17, 15) is 9.18 Å². The van der Waals surface area contributed by atoms with Crippen molar-refractivity contribution in [1.29, 1.82) is 0 Å². The molecule has 2 unspecified atom stereocenters. The maximum atomic E-state index is 13.6. The highest BCUT2D eigenvalue weighted by Crippen LogP contribution is 2.26. The molecule has 0 aliphatic carbocycles. The van der Waals surface area contributed by atoms with Crippen LogP contribution in [0.25, 0.3) is 0 Å². The number of nitrogens with one attached hydrogen (secondary N) is 1. The number of halogens is 1. The Bertz CT molecular complexity index is 946. The van der Waals surface area contributed by atoms with E-state index in [1.54, 1.807) is 26.0 Å². The average Bonchev–Trinajstić information content (AvgIpc) is 3.12. The molecule has 3 rings (SSSR count). The number of benzene rings is 2. The van der Waals surface area contributed by atoms with Crippen LogP contribution in [0.1, 0.15) is 36.8 Å². The Morgan fingerprint density at radius 3 is 2.64 bits per heavy atom. The molecule has 28 heavy (non-hydrogen) atoms. The standard InChI is InChI=1S/C21H22FN3O2S/c1-13-9-10-17(12-18(13)22)23-20(26)15(3)28-21-25-24-19(27-21)11-14(2)16-7-5-4-6-8-16/h4-10,12,14-15H,11H2,1-3H3,(H,23,26). The van der Waals surface area contributed by atoms with Gasteiger partial charge in [0.1, 0.15) is 5.82 Å². The summed E-state index contributed by atoms with van der Waals surface area (Å²) in [6.07, 6.45) is 0.626. The van der Waals surface area contributed by atoms with Crippen LogP contribution in [0.3, 0.4) is 0 Å². The van der Waals surface area contributed by atoms with Crippen molar-refractivity contribution < 1.29 is 13.6 Å². The summed E-state index contributed by atoms with van der Waals surface area (Å²) >= 11 is 1.18. The molecule has 1 aromatic heterocycles. The third-order valence-corrected chi connectivity index (χ3v) is 5.32. The van der Waals surface area contributed by atoms with Gasteiger partial charge in [0.15, 0.2) is 0 Å². The maximum Gasteiger partial charge on any atom is 0.277 e. The number of amides is 1. The van der Waals surface area contributed by atoms with Gasteiger partial charge in [-0.05, 0) is 43.0 Å². The Morgan fingerprint density at radius 1 is 1.18 bits per heavy atom. The van der Waals surface area contributed by atoms with Crippen molar-refractivity contribution in [3.05, 3.63) is 71.4 Å². The molecule has 0 aliphatic heterocycles. The first-order chi connectivity index (χ1) is 13.4. The minimum atomic E-state index is -0.468. The lowest BCUT2D eigenvalue weighted by atomic mass is 9.98. The molecule has 2 aromatic carbocycles. The van der Waals surface area contributed by atoms with E-state index in [0.29, 0.717) is 28.8 Å². The van der Waals surface area contributed by atoms with Crippen LogP contribution in [0, 0.1) is 12.7 Å². The molecule has 1 N–H and O–H groups in total. The third-order valence-electron chi connectivity index (χ3n) is 4.38. The summed E-state index contributed by atoms with van der Waals surface area (Å²) in [6.45, 7) is 5.51. The lowest BCUT2D eigenvalue weighted by molar-refractivity contribution is -0.115. The van der Waals surface area contributed by atoms with E-state index >= 15 is 0 Å². The van der Waals surface area contributed by atoms with E-state index in [4.69, 9.17) is 4.42 Å². The summed E-state index contributed by atoms with van der Waals surface area (Å²) in [7, 11) is 0. The van der Waals surface area contributed by atoms with Crippen LogP contribution in [-0.2, 0) is 11.2 Å². The summed E-state index contributed by atoms with van der Waals surface area (Å²) in [5.41, 5.74) is 2.15. The van der Waals surface area contributed by atoms with Gasteiger partial charge in [-0.2, -0.15) is 0 Å². The highest BCUT2D eigenvalue weighted by Gasteiger charge is 2.19. The number of hydrogen-bond acceptors (Lipinski definition) is 5. The van der Waals surface area contributed by atoms with Crippen molar-refractivity contribution in [3.8, 4) is 0 Å². The molecule has 3 aromatic rings. The van der Waals surface area contributed by atoms with Gasteiger partial charge < -0.3 is 9.73 Å². The predicted molar refractivity (Wildman–Crippen MR) is 108 cm³/mol. The summed E-state index contributed by atoms with van der Waals surface area (Å²) < 4.78 is 19.3. The van der Waals surface area contributed by atoms with Crippen LogP contribution in [0.5, 0.6) is 0 Å². The fourth-order valence-electron chi connectivity index (χ4n) is 2.65. The van der Waals surface area contributed by atoms with Gasteiger partial charge in [0.2, 0.25) is 11.8 Å². The first-order valence-electron chi connectivity index (χ1n) is 9.03. The smallest absolute Gasteiger partial charge is 0.277 e. The topological polar surface area (TPSA) is 68.0 Å². The molecule has 5 nitrogen and oxygen atoms in total. The Hall–Kier alpha value is -2.67. The zero-order chi connectivity index (χ0) is 20.1. The van der Waals surface area contributed by atoms with Crippen LogP contribution in [0.2, 0.25) is 0 Å². The summed E-state index contributed by atoms with van der Waals surface area (Å²) in [5, 5.41) is 10.7. The van der Waals surface area contributed by atoms with Crippen molar-refractivity contribution in [2.24, 2.45) is 0 Å². The largest absolute Gasteiger partial charge is 0.416 e. The predicted octanol–water partition coefficient (Wildman–Crippen LogP) is 4.98. The molecule has 7 heteroatoms. The van der Waals surface area contributed by atoms with Gasteiger partial charge in [-0.25, -0.2) is 4.39 Å². The number of nitrogens with zero attached hydrogens (tertiary/aromatic N) is 2. The van der Waals surface area contributed by atoms with Crippen molar-refractivity contribution in [2.75, 3.05) is 5.32 Å². The highest BCUT2D eigenvalue weighted by molar-refractivity contribution is 8.00. The second kappa shape index (κ2) is 9.01. The van der Waals surface area contributed by atoms with E-state index < -0.39 is 5.25 Å².